The number of nitrogens with zero attached hydrogens (tertiary/aromatic N) is 1. The fourth-order valence-electron chi connectivity index (χ4n) is 0.714. The lowest BCUT2D eigenvalue weighted by Crippen LogP contribution is -2.27. The molecule has 0 amide bonds. The van der Waals surface area contributed by atoms with Crippen molar-refractivity contribution in [2.24, 2.45) is 0 Å². The standard InChI is InChI=1S/C8H18BrN/c1-8(2)10(3)7-5-4-6-9/h8H,4-7H2,1-3H3. The zero-order valence-corrected chi connectivity index (χ0v) is 8.82. The molecular weight excluding hydrogens is 190 g/mol. The van der Waals surface area contributed by atoms with Gasteiger partial charge in [0, 0.05) is 11.4 Å². The summed E-state index contributed by atoms with van der Waals surface area (Å²) in [6.45, 7) is 5.69. The molecule has 1 nitrogen and oxygen atoms in total. The average Bonchev–Trinajstić information content (AvgIpc) is 1.88. The molecule has 2 heteroatoms. The van der Waals surface area contributed by atoms with Crippen LogP contribution in [-0.4, -0.2) is 29.9 Å². The van der Waals surface area contributed by atoms with Crippen molar-refractivity contribution in [3.05, 3.63) is 0 Å². The van der Waals surface area contributed by atoms with Crippen molar-refractivity contribution in [1.82, 2.24) is 4.90 Å². The molecule has 0 radical (unpaired) electrons. The second-order valence-electron chi connectivity index (χ2n) is 2.97. The lowest BCUT2D eigenvalue weighted by Gasteiger charge is -2.20. The van der Waals surface area contributed by atoms with Crippen molar-refractivity contribution in [1.29, 1.82) is 0 Å². The van der Waals surface area contributed by atoms with Gasteiger partial charge < -0.3 is 4.90 Å². The van der Waals surface area contributed by atoms with E-state index in [1.54, 1.807) is 0 Å². The summed E-state index contributed by atoms with van der Waals surface area (Å²) in [5, 5.41) is 1.14. The highest BCUT2D eigenvalue weighted by molar-refractivity contribution is 9.09. The molecule has 0 rings (SSSR count). The summed E-state index contributed by atoms with van der Waals surface area (Å²) >= 11 is 3.42. The molecule has 0 unspecified atom stereocenters. The summed E-state index contributed by atoms with van der Waals surface area (Å²) in [7, 11) is 2.18. The fourth-order valence-corrected chi connectivity index (χ4v) is 1.11. The Bertz CT molecular complexity index is 73.7. The molecule has 0 N–H and O–H groups in total. The molecule has 0 saturated heterocycles. The number of hydrogen-bond donors (Lipinski definition) is 0. The minimum atomic E-state index is 0.690. The van der Waals surface area contributed by atoms with Gasteiger partial charge in [-0.05, 0) is 40.3 Å². The Hall–Kier alpha value is 0.440. The number of hydrogen-bond acceptors (Lipinski definition) is 1. The Kier molecular flexibility index (Phi) is 6.44. The van der Waals surface area contributed by atoms with Crippen LogP contribution in [0.5, 0.6) is 0 Å². The van der Waals surface area contributed by atoms with Crippen molar-refractivity contribution >= 4 is 15.9 Å². The maximum Gasteiger partial charge on any atom is 0.00355 e. The third kappa shape index (κ3) is 5.24. The van der Waals surface area contributed by atoms with Gasteiger partial charge in [-0.1, -0.05) is 15.9 Å². The van der Waals surface area contributed by atoms with Gasteiger partial charge in [0.05, 0.1) is 0 Å². The Morgan fingerprint density at radius 2 is 1.90 bits per heavy atom. The van der Waals surface area contributed by atoms with Crippen LogP contribution in [-0.2, 0) is 0 Å². The van der Waals surface area contributed by atoms with Crippen molar-refractivity contribution in [3.63, 3.8) is 0 Å². The summed E-state index contributed by atoms with van der Waals surface area (Å²) < 4.78 is 0. The van der Waals surface area contributed by atoms with Gasteiger partial charge >= 0.3 is 0 Å². The van der Waals surface area contributed by atoms with Gasteiger partial charge in [0.15, 0.2) is 0 Å². The first-order chi connectivity index (χ1) is 4.68. The van der Waals surface area contributed by atoms with E-state index in [4.69, 9.17) is 0 Å². The SMILES string of the molecule is CC(C)N(C)CCCCBr. The Balaban J connectivity index is 3.13. The van der Waals surface area contributed by atoms with Gasteiger partial charge in [0.25, 0.3) is 0 Å². The van der Waals surface area contributed by atoms with Gasteiger partial charge in [-0.2, -0.15) is 0 Å². The maximum absolute atomic E-state index is 3.42. The molecule has 0 aromatic carbocycles. The van der Waals surface area contributed by atoms with Crippen molar-refractivity contribution in [2.45, 2.75) is 32.7 Å². The van der Waals surface area contributed by atoms with Gasteiger partial charge in [-0.3, -0.25) is 0 Å². The van der Waals surface area contributed by atoms with E-state index in [9.17, 15) is 0 Å². The number of unbranched alkanes of at least 4 members (excludes halogenated alkanes) is 1. The van der Waals surface area contributed by atoms with E-state index in [1.165, 1.54) is 19.4 Å². The minimum Gasteiger partial charge on any atom is -0.304 e. The molecule has 0 spiro atoms. The average molecular weight is 208 g/mol. The fraction of sp³-hybridized carbons (Fsp3) is 1.00. The summed E-state index contributed by atoms with van der Waals surface area (Å²) in [4.78, 5) is 2.38. The lowest BCUT2D eigenvalue weighted by atomic mass is 10.3. The van der Waals surface area contributed by atoms with E-state index in [0.29, 0.717) is 6.04 Å². The Morgan fingerprint density at radius 3 is 2.30 bits per heavy atom. The third-order valence-corrected chi connectivity index (χ3v) is 2.34. The first-order valence-electron chi connectivity index (χ1n) is 3.94. The van der Waals surface area contributed by atoms with Gasteiger partial charge in [-0.15, -0.1) is 0 Å². The highest BCUT2D eigenvalue weighted by Crippen LogP contribution is 1.99. The maximum atomic E-state index is 3.42. The van der Waals surface area contributed by atoms with Gasteiger partial charge in [-0.25, -0.2) is 0 Å². The van der Waals surface area contributed by atoms with Crippen LogP contribution in [0, 0.1) is 0 Å². The molecule has 62 valence electrons. The number of halogens is 1. The van der Waals surface area contributed by atoms with Crippen LogP contribution >= 0.6 is 15.9 Å². The Morgan fingerprint density at radius 1 is 1.30 bits per heavy atom. The molecule has 0 aromatic rings. The predicted octanol–water partition coefficient (Wildman–Crippen LogP) is 2.50. The number of alkyl halides is 1. The molecule has 0 heterocycles. The third-order valence-electron chi connectivity index (χ3n) is 1.78. The number of rotatable bonds is 5. The van der Waals surface area contributed by atoms with Crippen LogP contribution in [0.1, 0.15) is 26.7 Å². The van der Waals surface area contributed by atoms with E-state index in [-0.39, 0.29) is 0 Å². The zero-order chi connectivity index (χ0) is 7.98. The second-order valence-corrected chi connectivity index (χ2v) is 3.76. The van der Waals surface area contributed by atoms with Crippen LogP contribution in [0.4, 0.5) is 0 Å². The summed E-state index contributed by atoms with van der Waals surface area (Å²) in [5.74, 6) is 0. The van der Waals surface area contributed by atoms with Crippen molar-refractivity contribution < 1.29 is 0 Å². The van der Waals surface area contributed by atoms with Crippen LogP contribution in [0.25, 0.3) is 0 Å². The highest BCUT2D eigenvalue weighted by atomic mass is 79.9. The first kappa shape index (κ1) is 10.4. The van der Waals surface area contributed by atoms with Crippen LogP contribution in [0.15, 0.2) is 0 Å². The van der Waals surface area contributed by atoms with E-state index in [1.807, 2.05) is 0 Å². The quantitative estimate of drug-likeness (QED) is 0.495. The van der Waals surface area contributed by atoms with Crippen molar-refractivity contribution in [2.75, 3.05) is 18.9 Å². The summed E-state index contributed by atoms with van der Waals surface area (Å²) in [6, 6.07) is 0.690. The molecule has 0 atom stereocenters. The van der Waals surface area contributed by atoms with Crippen LogP contribution < -0.4 is 0 Å². The van der Waals surface area contributed by atoms with Gasteiger partial charge in [0.1, 0.15) is 0 Å². The van der Waals surface area contributed by atoms with E-state index < -0.39 is 0 Å². The molecule has 0 saturated carbocycles. The monoisotopic (exact) mass is 207 g/mol. The predicted molar refractivity (Wildman–Crippen MR) is 50.8 cm³/mol. The highest BCUT2D eigenvalue weighted by Gasteiger charge is 2.00. The largest absolute Gasteiger partial charge is 0.304 e. The lowest BCUT2D eigenvalue weighted by molar-refractivity contribution is 0.270. The molecule has 0 aromatic heterocycles. The topological polar surface area (TPSA) is 3.24 Å². The molecule has 0 aliphatic rings. The van der Waals surface area contributed by atoms with Crippen LogP contribution in [0.2, 0.25) is 0 Å². The molecule has 0 aliphatic carbocycles. The van der Waals surface area contributed by atoms with Crippen LogP contribution in [0.3, 0.4) is 0 Å². The molecule has 0 fully saturated rings. The smallest absolute Gasteiger partial charge is 0.00355 e. The molecule has 10 heavy (non-hydrogen) atoms. The minimum absolute atomic E-state index is 0.690. The summed E-state index contributed by atoms with van der Waals surface area (Å²) in [6.07, 6.45) is 2.59. The van der Waals surface area contributed by atoms with E-state index in [2.05, 4.69) is 41.7 Å². The van der Waals surface area contributed by atoms with Gasteiger partial charge in [0.2, 0.25) is 0 Å². The molecule has 0 aliphatic heterocycles. The first-order valence-corrected chi connectivity index (χ1v) is 5.07. The van der Waals surface area contributed by atoms with E-state index in [0.717, 1.165) is 5.33 Å². The normalized spacial score (nSPS) is 11.4. The summed E-state index contributed by atoms with van der Waals surface area (Å²) in [5.41, 5.74) is 0. The second kappa shape index (κ2) is 6.17. The van der Waals surface area contributed by atoms with Crippen molar-refractivity contribution in [3.8, 4) is 0 Å². The molecule has 0 bridgehead atoms. The van der Waals surface area contributed by atoms with E-state index >= 15 is 0 Å². The Labute approximate surface area is 72.9 Å². The molecular formula is C8H18BrN. The zero-order valence-electron chi connectivity index (χ0n) is 7.23.